The average molecular weight is 262 g/mol. The molecule has 0 unspecified atom stereocenters. The molecule has 0 spiro atoms. The van der Waals surface area contributed by atoms with Crippen molar-refractivity contribution < 1.29 is 13.2 Å². The van der Waals surface area contributed by atoms with Gasteiger partial charge in [0.15, 0.2) is 15.6 Å². The Labute approximate surface area is 107 Å². The van der Waals surface area contributed by atoms with Crippen LogP contribution in [0.25, 0.3) is 6.08 Å². The fourth-order valence-electron chi connectivity index (χ4n) is 1.89. The zero-order valence-corrected chi connectivity index (χ0v) is 11.0. The first-order valence-corrected chi connectivity index (χ1v) is 7.50. The molecule has 0 saturated heterocycles. The maximum atomic E-state index is 11.7. The van der Waals surface area contributed by atoms with Gasteiger partial charge in [-0.2, -0.15) is 0 Å². The van der Waals surface area contributed by atoms with Gasteiger partial charge in [0.2, 0.25) is 0 Å². The number of allylic oxidation sites excluding steroid dienone is 2. The van der Waals surface area contributed by atoms with Crippen LogP contribution in [0, 0.1) is 0 Å². The van der Waals surface area contributed by atoms with Crippen LogP contribution in [0.3, 0.4) is 0 Å². The Balaban J connectivity index is 2.29. The lowest BCUT2D eigenvalue weighted by atomic mass is 10.1. The molecule has 4 heteroatoms. The van der Waals surface area contributed by atoms with E-state index in [1.54, 1.807) is 30.3 Å². The second-order valence-electron chi connectivity index (χ2n) is 4.44. The van der Waals surface area contributed by atoms with E-state index in [4.69, 9.17) is 0 Å². The Morgan fingerprint density at radius 3 is 2.22 bits per heavy atom. The molecule has 0 bridgehead atoms. The van der Waals surface area contributed by atoms with E-state index >= 15 is 0 Å². The molecule has 0 heterocycles. The average Bonchev–Trinajstić information content (AvgIpc) is 2.61. The number of rotatable bonds is 2. The summed E-state index contributed by atoms with van der Waals surface area (Å²) < 4.78 is 22.6. The second kappa shape index (κ2) is 4.53. The van der Waals surface area contributed by atoms with Crippen LogP contribution in [0.5, 0.6) is 0 Å². The van der Waals surface area contributed by atoms with Gasteiger partial charge in [0, 0.05) is 11.8 Å². The fraction of sp³-hybridized carbons (Fsp3) is 0.214. The van der Waals surface area contributed by atoms with Crippen molar-refractivity contribution in [3.8, 4) is 0 Å². The van der Waals surface area contributed by atoms with Gasteiger partial charge in [0.1, 0.15) is 0 Å². The minimum Gasteiger partial charge on any atom is -0.289 e. The Morgan fingerprint density at radius 1 is 1.17 bits per heavy atom. The molecule has 1 aromatic rings. The van der Waals surface area contributed by atoms with Gasteiger partial charge >= 0.3 is 0 Å². The van der Waals surface area contributed by atoms with Gasteiger partial charge in [0.25, 0.3) is 0 Å². The lowest BCUT2D eigenvalue weighted by Gasteiger charge is -2.00. The van der Waals surface area contributed by atoms with Gasteiger partial charge in [-0.3, -0.25) is 4.79 Å². The van der Waals surface area contributed by atoms with Crippen molar-refractivity contribution in [3.05, 3.63) is 47.6 Å². The predicted molar refractivity (Wildman–Crippen MR) is 70.9 cm³/mol. The highest BCUT2D eigenvalue weighted by molar-refractivity contribution is 7.90. The van der Waals surface area contributed by atoms with E-state index in [0.29, 0.717) is 18.4 Å². The molecule has 1 fully saturated rings. The van der Waals surface area contributed by atoms with Crippen molar-refractivity contribution in [2.75, 3.05) is 6.26 Å². The quantitative estimate of drug-likeness (QED) is 0.769. The van der Waals surface area contributed by atoms with Crippen molar-refractivity contribution in [2.24, 2.45) is 0 Å². The highest BCUT2D eigenvalue weighted by Crippen LogP contribution is 2.26. The van der Waals surface area contributed by atoms with Crippen molar-refractivity contribution >= 4 is 21.7 Å². The Kier molecular flexibility index (Phi) is 3.22. The topological polar surface area (TPSA) is 51.2 Å². The summed E-state index contributed by atoms with van der Waals surface area (Å²) >= 11 is 0. The number of carbonyl (C=O) groups excluding carboxylic acids is 1. The molecule has 1 saturated carbocycles. The first-order chi connectivity index (χ1) is 8.38. The molecule has 1 aliphatic rings. The largest absolute Gasteiger partial charge is 0.289 e. The summed E-state index contributed by atoms with van der Waals surface area (Å²) in [6.45, 7) is 3.70. The number of Topliss-reactive ketones (excluding diaryl/α,β-unsaturated/α-hetero) is 1. The van der Waals surface area contributed by atoms with E-state index in [1.165, 1.54) is 6.26 Å². The fourth-order valence-corrected chi connectivity index (χ4v) is 2.52. The first-order valence-electron chi connectivity index (χ1n) is 5.61. The number of ketones is 1. The molecule has 0 atom stereocenters. The molecular weight excluding hydrogens is 248 g/mol. The zero-order valence-electron chi connectivity index (χ0n) is 10.1. The van der Waals surface area contributed by atoms with E-state index in [2.05, 4.69) is 6.58 Å². The highest BCUT2D eigenvalue weighted by Gasteiger charge is 2.20. The molecule has 0 amide bonds. The number of benzene rings is 1. The molecule has 0 N–H and O–H groups in total. The summed E-state index contributed by atoms with van der Waals surface area (Å²) in [5.41, 5.74) is 2.22. The van der Waals surface area contributed by atoms with Gasteiger partial charge in [-0.25, -0.2) is 8.42 Å². The normalized spacial score (nSPS) is 18.6. The number of sulfone groups is 1. The molecule has 1 aliphatic carbocycles. The van der Waals surface area contributed by atoms with E-state index in [9.17, 15) is 13.2 Å². The summed E-state index contributed by atoms with van der Waals surface area (Å²) in [4.78, 5) is 12.0. The molecule has 0 radical (unpaired) electrons. The molecule has 2 rings (SSSR count). The lowest BCUT2D eigenvalue weighted by Crippen LogP contribution is -1.97. The van der Waals surface area contributed by atoms with Gasteiger partial charge in [-0.15, -0.1) is 0 Å². The third-order valence-electron chi connectivity index (χ3n) is 2.96. The summed E-state index contributed by atoms with van der Waals surface area (Å²) in [5.74, 6) is 0.0159. The van der Waals surface area contributed by atoms with E-state index < -0.39 is 9.84 Å². The van der Waals surface area contributed by atoms with Crippen molar-refractivity contribution in [1.29, 1.82) is 0 Å². The summed E-state index contributed by atoms with van der Waals surface area (Å²) in [7, 11) is -3.17. The summed E-state index contributed by atoms with van der Waals surface area (Å²) in [6, 6.07) is 6.52. The van der Waals surface area contributed by atoms with E-state index in [1.807, 2.05) is 0 Å². The minimum atomic E-state index is -3.17. The zero-order chi connectivity index (χ0) is 13.3. The van der Waals surface area contributed by atoms with Gasteiger partial charge in [0.05, 0.1) is 4.90 Å². The third-order valence-corrected chi connectivity index (χ3v) is 4.09. The Morgan fingerprint density at radius 2 is 1.78 bits per heavy atom. The van der Waals surface area contributed by atoms with Crippen LogP contribution in [0.15, 0.2) is 46.9 Å². The van der Waals surface area contributed by atoms with Crippen LogP contribution in [0.4, 0.5) is 0 Å². The van der Waals surface area contributed by atoms with Gasteiger partial charge in [-0.05, 0) is 42.2 Å². The Bertz CT molecular complexity index is 634. The molecule has 94 valence electrons. The molecule has 18 heavy (non-hydrogen) atoms. The van der Waals surface area contributed by atoms with Crippen LogP contribution in [0.2, 0.25) is 0 Å². The van der Waals surface area contributed by atoms with Crippen molar-refractivity contribution in [1.82, 2.24) is 0 Å². The van der Waals surface area contributed by atoms with E-state index in [0.717, 1.165) is 11.1 Å². The minimum absolute atomic E-state index is 0.0159. The maximum Gasteiger partial charge on any atom is 0.184 e. The predicted octanol–water partition coefficient (Wildman–Crippen LogP) is 2.39. The number of hydrogen-bond donors (Lipinski definition) is 0. The molecule has 0 aliphatic heterocycles. The van der Waals surface area contributed by atoms with Crippen LogP contribution in [-0.2, 0) is 14.6 Å². The standard InChI is InChI=1S/C14H14O3S/c1-10-3-6-12(14(10)15)9-11-4-7-13(8-5-11)18(2,16)17/h4-5,7-9H,1,3,6H2,2H3. The SMILES string of the molecule is C=C1CCC(=Cc2ccc(S(C)(=O)=O)cc2)C1=O. The third kappa shape index (κ3) is 2.59. The van der Waals surface area contributed by atoms with Crippen molar-refractivity contribution in [2.45, 2.75) is 17.7 Å². The van der Waals surface area contributed by atoms with Crippen LogP contribution >= 0.6 is 0 Å². The molecule has 0 aromatic heterocycles. The molecule has 1 aromatic carbocycles. The smallest absolute Gasteiger partial charge is 0.184 e. The molecular formula is C14H14O3S. The lowest BCUT2D eigenvalue weighted by molar-refractivity contribution is -0.111. The number of carbonyl (C=O) groups is 1. The van der Waals surface area contributed by atoms with E-state index in [-0.39, 0.29) is 10.7 Å². The van der Waals surface area contributed by atoms with Crippen LogP contribution in [-0.4, -0.2) is 20.5 Å². The molecule has 3 nitrogen and oxygen atoms in total. The monoisotopic (exact) mass is 262 g/mol. The highest BCUT2D eigenvalue weighted by atomic mass is 32.2. The Hall–Kier alpha value is -1.68. The second-order valence-corrected chi connectivity index (χ2v) is 6.46. The summed E-state index contributed by atoms with van der Waals surface area (Å²) in [6.07, 6.45) is 4.40. The number of hydrogen-bond acceptors (Lipinski definition) is 3. The van der Waals surface area contributed by atoms with Gasteiger partial charge in [-0.1, -0.05) is 18.7 Å². The van der Waals surface area contributed by atoms with Crippen LogP contribution < -0.4 is 0 Å². The van der Waals surface area contributed by atoms with Crippen molar-refractivity contribution in [3.63, 3.8) is 0 Å². The van der Waals surface area contributed by atoms with Gasteiger partial charge < -0.3 is 0 Å². The maximum absolute atomic E-state index is 11.7. The summed E-state index contributed by atoms with van der Waals surface area (Å²) in [5, 5.41) is 0. The van der Waals surface area contributed by atoms with Crippen LogP contribution in [0.1, 0.15) is 18.4 Å². The first kappa shape index (κ1) is 12.8.